The van der Waals surface area contributed by atoms with Gasteiger partial charge in [-0.05, 0) is 41.7 Å². The molecule has 0 atom stereocenters. The molecular weight excluding hydrogens is 324 g/mol. The van der Waals surface area contributed by atoms with Gasteiger partial charge in [0.05, 0.1) is 6.42 Å². The number of hydrogen-bond donors (Lipinski definition) is 2. The van der Waals surface area contributed by atoms with Gasteiger partial charge in [0.15, 0.2) is 0 Å². The van der Waals surface area contributed by atoms with Crippen LogP contribution in [0, 0.1) is 0 Å². The standard InChI is InChI=1S/C19H19ClN2O2/c20-16-4-2-1-3-14(16)12-19(24)21-10-9-13-5-7-17-15(11-13)6-8-18(23)22-17/h1-5,7,11H,6,8-10,12H2,(H,21,24)(H,22,23). The molecule has 1 heterocycles. The van der Waals surface area contributed by atoms with Crippen molar-refractivity contribution in [3.8, 4) is 0 Å². The van der Waals surface area contributed by atoms with E-state index >= 15 is 0 Å². The molecule has 2 aromatic rings. The molecule has 0 aliphatic carbocycles. The summed E-state index contributed by atoms with van der Waals surface area (Å²) in [4.78, 5) is 23.4. The van der Waals surface area contributed by atoms with Gasteiger partial charge in [0, 0.05) is 23.7 Å². The third-order valence-corrected chi connectivity index (χ3v) is 4.48. The summed E-state index contributed by atoms with van der Waals surface area (Å²) < 4.78 is 0. The molecule has 1 aliphatic heterocycles. The topological polar surface area (TPSA) is 58.2 Å². The van der Waals surface area contributed by atoms with E-state index < -0.39 is 0 Å². The zero-order valence-electron chi connectivity index (χ0n) is 13.3. The Balaban J connectivity index is 1.50. The maximum atomic E-state index is 12.0. The van der Waals surface area contributed by atoms with E-state index in [9.17, 15) is 9.59 Å². The van der Waals surface area contributed by atoms with Gasteiger partial charge in [-0.15, -0.1) is 0 Å². The minimum Gasteiger partial charge on any atom is -0.355 e. The third-order valence-electron chi connectivity index (χ3n) is 4.11. The molecule has 4 nitrogen and oxygen atoms in total. The minimum absolute atomic E-state index is 0.0340. The molecule has 0 fully saturated rings. The quantitative estimate of drug-likeness (QED) is 0.877. The van der Waals surface area contributed by atoms with Crippen LogP contribution >= 0.6 is 11.6 Å². The van der Waals surface area contributed by atoms with Crippen LogP contribution in [0.2, 0.25) is 5.02 Å². The van der Waals surface area contributed by atoms with Gasteiger partial charge in [-0.3, -0.25) is 9.59 Å². The molecule has 2 N–H and O–H groups in total. The van der Waals surface area contributed by atoms with Crippen molar-refractivity contribution < 1.29 is 9.59 Å². The van der Waals surface area contributed by atoms with Crippen molar-refractivity contribution in [1.82, 2.24) is 5.32 Å². The summed E-state index contributed by atoms with van der Waals surface area (Å²) in [5.41, 5.74) is 4.05. The second-order valence-corrected chi connectivity index (χ2v) is 6.32. The Kier molecular flexibility index (Phi) is 5.16. The summed E-state index contributed by atoms with van der Waals surface area (Å²) in [6.45, 7) is 0.578. The Morgan fingerprint density at radius 3 is 2.83 bits per heavy atom. The van der Waals surface area contributed by atoms with Crippen molar-refractivity contribution in [2.75, 3.05) is 11.9 Å². The molecule has 1 aliphatic rings. The number of hydrogen-bond acceptors (Lipinski definition) is 2. The zero-order chi connectivity index (χ0) is 16.9. The van der Waals surface area contributed by atoms with Gasteiger partial charge < -0.3 is 10.6 Å². The summed E-state index contributed by atoms with van der Waals surface area (Å²) in [6.07, 6.45) is 2.35. The molecule has 0 spiro atoms. The molecule has 0 aromatic heterocycles. The van der Waals surface area contributed by atoms with Crippen molar-refractivity contribution in [3.05, 3.63) is 64.2 Å². The molecule has 0 unspecified atom stereocenters. The Hall–Kier alpha value is -2.33. The molecule has 0 saturated carbocycles. The van der Waals surface area contributed by atoms with Crippen LogP contribution in [0.25, 0.3) is 0 Å². The van der Waals surface area contributed by atoms with Crippen LogP contribution < -0.4 is 10.6 Å². The van der Waals surface area contributed by atoms with Crippen LogP contribution in [0.4, 0.5) is 5.69 Å². The second kappa shape index (κ2) is 7.49. The lowest BCUT2D eigenvalue weighted by molar-refractivity contribution is -0.120. The molecule has 124 valence electrons. The van der Waals surface area contributed by atoms with Crippen LogP contribution in [0.3, 0.4) is 0 Å². The number of anilines is 1. The molecule has 3 rings (SSSR count). The summed E-state index contributed by atoms with van der Waals surface area (Å²) in [5, 5.41) is 6.41. The van der Waals surface area contributed by atoms with Crippen LogP contribution in [0.15, 0.2) is 42.5 Å². The Morgan fingerprint density at radius 2 is 2.00 bits per heavy atom. The van der Waals surface area contributed by atoms with Gasteiger partial charge in [0.1, 0.15) is 0 Å². The second-order valence-electron chi connectivity index (χ2n) is 5.91. The van der Waals surface area contributed by atoms with Crippen molar-refractivity contribution in [2.24, 2.45) is 0 Å². The van der Waals surface area contributed by atoms with Gasteiger partial charge in [0.2, 0.25) is 11.8 Å². The maximum absolute atomic E-state index is 12.0. The molecule has 0 radical (unpaired) electrons. The summed E-state index contributed by atoms with van der Waals surface area (Å²) in [5.74, 6) is 0.0374. The average molecular weight is 343 g/mol. The molecule has 5 heteroatoms. The normalized spacial score (nSPS) is 13.1. The van der Waals surface area contributed by atoms with E-state index in [0.29, 0.717) is 18.0 Å². The van der Waals surface area contributed by atoms with E-state index in [4.69, 9.17) is 11.6 Å². The number of amides is 2. The number of carbonyl (C=O) groups excluding carboxylic acids is 2. The molecule has 24 heavy (non-hydrogen) atoms. The molecule has 2 aromatic carbocycles. The largest absolute Gasteiger partial charge is 0.355 e. The van der Waals surface area contributed by atoms with Gasteiger partial charge in [-0.2, -0.15) is 0 Å². The highest BCUT2D eigenvalue weighted by molar-refractivity contribution is 6.31. The Labute approximate surface area is 146 Å². The number of fused-ring (bicyclic) bond motifs is 1. The van der Waals surface area contributed by atoms with Crippen molar-refractivity contribution in [3.63, 3.8) is 0 Å². The van der Waals surface area contributed by atoms with Gasteiger partial charge >= 0.3 is 0 Å². The van der Waals surface area contributed by atoms with E-state index in [1.165, 1.54) is 0 Å². The monoisotopic (exact) mass is 342 g/mol. The Morgan fingerprint density at radius 1 is 1.17 bits per heavy atom. The van der Waals surface area contributed by atoms with E-state index in [2.05, 4.69) is 16.7 Å². The third kappa shape index (κ3) is 4.15. The van der Waals surface area contributed by atoms with E-state index in [1.54, 1.807) is 6.07 Å². The molecule has 2 amide bonds. The predicted molar refractivity (Wildman–Crippen MR) is 95.3 cm³/mol. The number of benzene rings is 2. The van der Waals surface area contributed by atoms with Crippen molar-refractivity contribution >= 4 is 29.1 Å². The van der Waals surface area contributed by atoms with Gasteiger partial charge in [-0.25, -0.2) is 0 Å². The van der Waals surface area contributed by atoms with E-state index in [0.717, 1.165) is 35.2 Å². The van der Waals surface area contributed by atoms with Crippen LogP contribution in [-0.4, -0.2) is 18.4 Å². The average Bonchev–Trinajstić information content (AvgIpc) is 2.57. The number of halogens is 1. The first kappa shape index (κ1) is 16.5. The van der Waals surface area contributed by atoms with E-state index in [-0.39, 0.29) is 18.2 Å². The zero-order valence-corrected chi connectivity index (χ0v) is 14.0. The Bertz CT molecular complexity index is 774. The van der Waals surface area contributed by atoms with Gasteiger partial charge in [-0.1, -0.05) is 41.9 Å². The lowest BCUT2D eigenvalue weighted by atomic mass is 9.99. The highest BCUT2D eigenvalue weighted by Gasteiger charge is 2.14. The summed E-state index contributed by atoms with van der Waals surface area (Å²) >= 11 is 6.07. The van der Waals surface area contributed by atoms with Gasteiger partial charge in [0.25, 0.3) is 0 Å². The number of nitrogens with one attached hydrogen (secondary N) is 2. The van der Waals surface area contributed by atoms with Crippen LogP contribution in [-0.2, 0) is 28.9 Å². The van der Waals surface area contributed by atoms with Crippen molar-refractivity contribution in [1.29, 1.82) is 0 Å². The fourth-order valence-corrected chi connectivity index (χ4v) is 3.02. The molecule has 0 saturated heterocycles. The fourth-order valence-electron chi connectivity index (χ4n) is 2.82. The smallest absolute Gasteiger partial charge is 0.224 e. The minimum atomic E-state index is -0.0340. The lowest BCUT2D eigenvalue weighted by Gasteiger charge is -2.17. The number of rotatable bonds is 5. The van der Waals surface area contributed by atoms with Crippen LogP contribution in [0.5, 0.6) is 0 Å². The summed E-state index contributed by atoms with van der Waals surface area (Å²) in [6, 6.07) is 13.4. The lowest BCUT2D eigenvalue weighted by Crippen LogP contribution is -2.27. The van der Waals surface area contributed by atoms with Crippen LogP contribution in [0.1, 0.15) is 23.1 Å². The first-order valence-electron chi connectivity index (χ1n) is 8.03. The highest BCUT2D eigenvalue weighted by Crippen LogP contribution is 2.23. The maximum Gasteiger partial charge on any atom is 0.224 e. The first-order valence-corrected chi connectivity index (χ1v) is 8.41. The SMILES string of the molecule is O=C(Cc1ccccc1Cl)NCCc1ccc2c(c1)CCC(=O)N2. The van der Waals surface area contributed by atoms with Crippen molar-refractivity contribution in [2.45, 2.75) is 25.7 Å². The number of carbonyl (C=O) groups is 2. The highest BCUT2D eigenvalue weighted by atomic mass is 35.5. The fraction of sp³-hybridized carbons (Fsp3) is 0.263. The molecular formula is C19H19ClN2O2. The first-order chi connectivity index (χ1) is 11.6. The van der Waals surface area contributed by atoms with E-state index in [1.807, 2.05) is 30.3 Å². The number of aryl methyl sites for hydroxylation is 1. The summed E-state index contributed by atoms with van der Waals surface area (Å²) in [7, 11) is 0. The molecule has 0 bridgehead atoms. The predicted octanol–water partition coefficient (Wildman–Crippen LogP) is 3.13.